The van der Waals surface area contributed by atoms with Crippen LogP contribution >= 0.6 is 0 Å². The molecule has 2 aromatic rings. The quantitative estimate of drug-likeness (QED) is 0.762. The molecule has 3 rings (SSSR count). The number of benzene rings is 2. The number of nitrogens with zero attached hydrogens (tertiary/aromatic N) is 1. The van der Waals surface area contributed by atoms with Gasteiger partial charge in [-0.2, -0.15) is 0 Å². The van der Waals surface area contributed by atoms with Gasteiger partial charge in [0.25, 0.3) is 10.0 Å². The lowest BCUT2D eigenvalue weighted by atomic mass is 10.2. The minimum Gasteiger partial charge on any atom is -0.336 e. The van der Waals surface area contributed by atoms with Crippen molar-refractivity contribution in [2.45, 2.75) is 11.4 Å². The number of nitrogens with one attached hydrogen (secondary N) is 2. The lowest BCUT2D eigenvalue weighted by molar-refractivity contribution is 0.252. The first-order valence-electron chi connectivity index (χ1n) is 7.47. The van der Waals surface area contributed by atoms with E-state index >= 15 is 0 Å². The summed E-state index contributed by atoms with van der Waals surface area (Å²) in [5.41, 5.74) is 7.58. The first-order valence-corrected chi connectivity index (χ1v) is 8.95. The number of urea groups is 1. The Hall–Kier alpha value is -2.58. The van der Waals surface area contributed by atoms with Gasteiger partial charge in [0.15, 0.2) is 0 Å². The smallest absolute Gasteiger partial charge is 0.321 e. The minimum absolute atomic E-state index is 0.133. The molecule has 1 fully saturated rings. The van der Waals surface area contributed by atoms with Crippen molar-refractivity contribution < 1.29 is 13.2 Å². The lowest BCUT2D eigenvalue weighted by Gasteiger charge is -2.15. The van der Waals surface area contributed by atoms with Gasteiger partial charge in [-0.15, -0.1) is 0 Å². The van der Waals surface area contributed by atoms with Crippen LogP contribution in [0.5, 0.6) is 0 Å². The van der Waals surface area contributed by atoms with Crippen molar-refractivity contribution in [3.8, 4) is 0 Å². The SMILES string of the molecule is NCc1ccc(NS(=O)(=O)c2ccc(N3CCNC3=O)cc2)cc1. The predicted octanol–water partition coefficient (Wildman–Crippen LogP) is 1.48. The molecule has 0 unspecified atom stereocenters. The Morgan fingerprint density at radius 3 is 2.29 bits per heavy atom. The van der Waals surface area contributed by atoms with Gasteiger partial charge in [0.1, 0.15) is 0 Å². The molecular weight excluding hydrogens is 328 g/mol. The third-order valence-electron chi connectivity index (χ3n) is 3.76. The first kappa shape index (κ1) is 16.3. The zero-order valence-corrected chi connectivity index (χ0v) is 13.7. The van der Waals surface area contributed by atoms with Gasteiger partial charge >= 0.3 is 6.03 Å². The van der Waals surface area contributed by atoms with Crippen molar-refractivity contribution >= 4 is 27.4 Å². The van der Waals surface area contributed by atoms with Crippen LogP contribution in [-0.2, 0) is 16.6 Å². The molecule has 2 aromatic carbocycles. The van der Waals surface area contributed by atoms with Gasteiger partial charge in [-0.1, -0.05) is 12.1 Å². The number of hydrogen-bond acceptors (Lipinski definition) is 4. The Morgan fingerprint density at radius 2 is 1.75 bits per heavy atom. The zero-order valence-electron chi connectivity index (χ0n) is 12.9. The van der Waals surface area contributed by atoms with Crippen LogP contribution in [0.25, 0.3) is 0 Å². The largest absolute Gasteiger partial charge is 0.336 e. The molecule has 24 heavy (non-hydrogen) atoms. The molecule has 0 atom stereocenters. The van der Waals surface area contributed by atoms with Gasteiger partial charge in [-0.3, -0.25) is 9.62 Å². The second-order valence-electron chi connectivity index (χ2n) is 5.38. The number of anilines is 2. The highest BCUT2D eigenvalue weighted by molar-refractivity contribution is 7.92. The average molecular weight is 346 g/mol. The molecule has 126 valence electrons. The summed E-state index contributed by atoms with van der Waals surface area (Å²) in [6.45, 7) is 1.55. The van der Waals surface area contributed by atoms with Gasteiger partial charge in [0, 0.05) is 31.0 Å². The molecular formula is C16H18N4O3S. The van der Waals surface area contributed by atoms with E-state index in [0.29, 0.717) is 31.0 Å². The molecule has 0 aliphatic carbocycles. The summed E-state index contributed by atoms with van der Waals surface area (Å²) in [5.74, 6) is 0. The van der Waals surface area contributed by atoms with Crippen molar-refractivity contribution in [1.29, 1.82) is 0 Å². The average Bonchev–Trinajstić information content (AvgIpc) is 3.01. The van der Waals surface area contributed by atoms with Crippen molar-refractivity contribution in [1.82, 2.24) is 5.32 Å². The molecule has 1 heterocycles. The molecule has 2 amide bonds. The third-order valence-corrected chi connectivity index (χ3v) is 5.15. The van der Waals surface area contributed by atoms with E-state index in [0.717, 1.165) is 5.56 Å². The molecule has 0 bridgehead atoms. The zero-order chi connectivity index (χ0) is 17.2. The number of rotatable bonds is 5. The van der Waals surface area contributed by atoms with E-state index in [1.807, 2.05) is 0 Å². The fourth-order valence-corrected chi connectivity index (χ4v) is 3.50. The number of carbonyl (C=O) groups excluding carboxylic acids is 1. The minimum atomic E-state index is -3.69. The monoisotopic (exact) mass is 346 g/mol. The number of amides is 2. The van der Waals surface area contributed by atoms with Crippen LogP contribution in [0.3, 0.4) is 0 Å². The third kappa shape index (κ3) is 3.34. The summed E-state index contributed by atoms with van der Waals surface area (Å²) in [4.78, 5) is 13.3. The Morgan fingerprint density at radius 1 is 1.08 bits per heavy atom. The van der Waals surface area contributed by atoms with E-state index < -0.39 is 10.0 Å². The normalized spacial score (nSPS) is 14.5. The Kier molecular flexibility index (Phi) is 4.41. The summed E-state index contributed by atoms with van der Waals surface area (Å²) in [7, 11) is -3.69. The highest BCUT2D eigenvalue weighted by Gasteiger charge is 2.22. The Balaban J connectivity index is 1.77. The van der Waals surface area contributed by atoms with Gasteiger partial charge < -0.3 is 11.1 Å². The molecule has 8 heteroatoms. The second kappa shape index (κ2) is 6.50. The van der Waals surface area contributed by atoms with Crippen LogP contribution in [0.2, 0.25) is 0 Å². The van der Waals surface area contributed by atoms with Crippen molar-refractivity contribution in [3.63, 3.8) is 0 Å². The molecule has 0 saturated carbocycles. The van der Waals surface area contributed by atoms with E-state index in [-0.39, 0.29) is 10.9 Å². The molecule has 0 spiro atoms. The molecule has 1 saturated heterocycles. The number of nitrogens with two attached hydrogens (primary N) is 1. The predicted molar refractivity (Wildman–Crippen MR) is 92.3 cm³/mol. The lowest BCUT2D eigenvalue weighted by Crippen LogP contribution is -2.27. The number of hydrogen-bond donors (Lipinski definition) is 3. The summed E-state index contributed by atoms with van der Waals surface area (Å²) in [5, 5.41) is 2.70. The van der Waals surface area contributed by atoms with E-state index in [9.17, 15) is 13.2 Å². The van der Waals surface area contributed by atoms with Gasteiger partial charge in [-0.05, 0) is 42.0 Å². The van der Waals surface area contributed by atoms with Gasteiger partial charge in [0.2, 0.25) is 0 Å². The van der Waals surface area contributed by atoms with Crippen LogP contribution in [0.4, 0.5) is 16.2 Å². The summed E-state index contributed by atoms with van der Waals surface area (Å²) in [6, 6.07) is 12.9. The summed E-state index contributed by atoms with van der Waals surface area (Å²) < 4.78 is 27.4. The van der Waals surface area contributed by atoms with Crippen molar-refractivity contribution in [3.05, 3.63) is 54.1 Å². The fourth-order valence-electron chi connectivity index (χ4n) is 2.45. The standard InChI is InChI=1S/C16H18N4O3S/c17-11-12-1-3-13(4-2-12)19-24(22,23)15-7-5-14(6-8-15)20-10-9-18-16(20)21/h1-8,19H,9-11,17H2,(H,18,21). The van der Waals surface area contributed by atoms with Crippen LogP contribution in [-0.4, -0.2) is 27.5 Å². The fraction of sp³-hybridized carbons (Fsp3) is 0.188. The Bertz CT molecular complexity index is 833. The molecule has 0 radical (unpaired) electrons. The molecule has 4 N–H and O–H groups in total. The summed E-state index contributed by atoms with van der Waals surface area (Å²) >= 11 is 0. The van der Waals surface area contributed by atoms with E-state index in [1.165, 1.54) is 12.1 Å². The second-order valence-corrected chi connectivity index (χ2v) is 7.07. The van der Waals surface area contributed by atoms with Gasteiger partial charge in [-0.25, -0.2) is 13.2 Å². The molecule has 1 aliphatic heterocycles. The maximum atomic E-state index is 12.4. The number of sulfonamides is 1. The van der Waals surface area contributed by atoms with Crippen molar-refractivity contribution in [2.75, 3.05) is 22.7 Å². The Labute approximate surface area is 140 Å². The molecule has 0 aromatic heterocycles. The maximum Gasteiger partial charge on any atom is 0.321 e. The van der Waals surface area contributed by atoms with E-state index in [2.05, 4.69) is 10.0 Å². The highest BCUT2D eigenvalue weighted by Crippen LogP contribution is 2.21. The van der Waals surface area contributed by atoms with Crippen molar-refractivity contribution in [2.24, 2.45) is 5.73 Å². The van der Waals surface area contributed by atoms with E-state index in [4.69, 9.17) is 5.73 Å². The van der Waals surface area contributed by atoms with E-state index in [1.54, 1.807) is 41.3 Å². The highest BCUT2D eigenvalue weighted by atomic mass is 32.2. The van der Waals surface area contributed by atoms with Crippen LogP contribution in [0.15, 0.2) is 53.4 Å². The van der Waals surface area contributed by atoms with Crippen LogP contribution in [0.1, 0.15) is 5.56 Å². The van der Waals surface area contributed by atoms with Gasteiger partial charge in [0.05, 0.1) is 4.90 Å². The maximum absolute atomic E-state index is 12.4. The first-order chi connectivity index (χ1) is 11.5. The van der Waals surface area contributed by atoms with Crippen LogP contribution < -0.4 is 20.7 Å². The number of carbonyl (C=O) groups is 1. The molecule has 1 aliphatic rings. The van der Waals surface area contributed by atoms with Crippen LogP contribution in [0, 0.1) is 0 Å². The molecule has 7 nitrogen and oxygen atoms in total. The summed E-state index contributed by atoms with van der Waals surface area (Å²) in [6.07, 6.45) is 0. The topological polar surface area (TPSA) is 105 Å².